The van der Waals surface area contributed by atoms with Crippen LogP contribution in [0.2, 0.25) is 0 Å². The van der Waals surface area contributed by atoms with Crippen LogP contribution in [0.3, 0.4) is 0 Å². The van der Waals surface area contributed by atoms with E-state index in [-0.39, 0.29) is 34.6 Å². The highest BCUT2D eigenvalue weighted by atomic mass is 16.3. The summed E-state index contributed by atoms with van der Waals surface area (Å²) in [5.41, 5.74) is 2.01. The van der Waals surface area contributed by atoms with Crippen LogP contribution in [0.25, 0.3) is 0 Å². The maximum atomic E-state index is 13.1. The maximum Gasteiger partial charge on any atom is 0.158 e. The monoisotopic (exact) mass is 316 g/mol. The molecule has 0 amide bonds. The fourth-order valence-corrected chi connectivity index (χ4v) is 6.86. The molecule has 126 valence electrons. The van der Waals surface area contributed by atoms with Crippen LogP contribution in [-0.4, -0.2) is 22.8 Å². The van der Waals surface area contributed by atoms with Gasteiger partial charge in [-0.05, 0) is 67.3 Å². The van der Waals surface area contributed by atoms with Crippen LogP contribution >= 0.6 is 0 Å². The van der Waals surface area contributed by atoms with Crippen LogP contribution in [0, 0.1) is 28.6 Å². The van der Waals surface area contributed by atoms with Crippen LogP contribution in [0.5, 0.6) is 0 Å². The molecule has 0 radical (unpaired) electrons. The van der Waals surface area contributed by atoms with Crippen LogP contribution in [0.1, 0.15) is 65.7 Å². The fourth-order valence-electron chi connectivity index (χ4n) is 6.86. The minimum Gasteiger partial charge on any atom is -0.393 e. The first-order chi connectivity index (χ1) is 10.8. The average molecular weight is 316 g/mol. The summed E-state index contributed by atoms with van der Waals surface area (Å²) in [6, 6.07) is 0. The first-order valence-corrected chi connectivity index (χ1v) is 9.22. The molecule has 0 aliphatic heterocycles. The van der Waals surface area contributed by atoms with Gasteiger partial charge >= 0.3 is 0 Å². The van der Waals surface area contributed by atoms with E-state index in [2.05, 4.69) is 13.8 Å². The van der Waals surface area contributed by atoms with E-state index in [4.69, 9.17) is 0 Å². The van der Waals surface area contributed by atoms with E-state index in [1.54, 1.807) is 0 Å². The standard InChI is InChI=1S/C20H28O3/c1-11-13-5-4-12-17-15(22)6-8-19(17,2)10-16(23)18(12)20(13,3)9-7-14(11)21/h12,15,17-18,22H,4-10H2,1-3H3/t12-,15-,17+,18+,19-,20-/m0/s1. The van der Waals surface area contributed by atoms with Crippen molar-refractivity contribution in [2.45, 2.75) is 71.8 Å². The molecule has 0 unspecified atom stereocenters. The van der Waals surface area contributed by atoms with Crippen molar-refractivity contribution in [3.8, 4) is 0 Å². The number of Topliss-reactive ketones (excluding diaryl/α,β-unsaturated/α-hetero) is 2. The predicted octanol–water partition coefficient (Wildman–Crippen LogP) is 3.45. The summed E-state index contributed by atoms with van der Waals surface area (Å²) in [5.74, 6) is 1.24. The van der Waals surface area contributed by atoms with Gasteiger partial charge in [-0.3, -0.25) is 9.59 Å². The molecule has 0 spiro atoms. The van der Waals surface area contributed by atoms with E-state index < -0.39 is 0 Å². The normalized spacial score (nSPS) is 49.7. The van der Waals surface area contributed by atoms with E-state index in [0.717, 1.165) is 37.7 Å². The Kier molecular flexibility index (Phi) is 3.23. The number of allylic oxidation sites excluding steroid dienone is 1. The summed E-state index contributed by atoms with van der Waals surface area (Å²) in [5, 5.41) is 10.6. The Hall–Kier alpha value is -0.960. The number of hydrogen-bond donors (Lipinski definition) is 1. The molecule has 6 atom stereocenters. The molecule has 4 rings (SSSR count). The minimum atomic E-state index is -0.249. The zero-order valence-electron chi connectivity index (χ0n) is 14.5. The van der Waals surface area contributed by atoms with Crippen molar-refractivity contribution in [2.75, 3.05) is 0 Å². The van der Waals surface area contributed by atoms with Gasteiger partial charge in [-0.25, -0.2) is 0 Å². The molecule has 1 N–H and O–H groups in total. The third-order valence-electron chi connectivity index (χ3n) is 7.89. The molecule has 3 heteroatoms. The second kappa shape index (κ2) is 4.78. The summed E-state index contributed by atoms with van der Waals surface area (Å²) < 4.78 is 0. The molecule has 3 fully saturated rings. The largest absolute Gasteiger partial charge is 0.393 e. The Bertz CT molecular complexity index is 618. The highest BCUT2D eigenvalue weighted by Gasteiger charge is 2.62. The second-order valence-electron chi connectivity index (χ2n) is 9.05. The van der Waals surface area contributed by atoms with Gasteiger partial charge in [0.15, 0.2) is 5.78 Å². The van der Waals surface area contributed by atoms with Crippen LogP contribution in [-0.2, 0) is 9.59 Å². The number of aliphatic hydroxyl groups excluding tert-OH is 1. The topological polar surface area (TPSA) is 54.4 Å². The third kappa shape index (κ3) is 1.92. The Morgan fingerprint density at radius 1 is 1.09 bits per heavy atom. The highest BCUT2D eigenvalue weighted by Crippen LogP contribution is 2.64. The third-order valence-corrected chi connectivity index (χ3v) is 7.89. The van der Waals surface area contributed by atoms with Gasteiger partial charge in [0.2, 0.25) is 0 Å². The molecule has 0 saturated heterocycles. The molecule has 3 nitrogen and oxygen atoms in total. The minimum absolute atomic E-state index is 0.00518. The van der Waals surface area contributed by atoms with Gasteiger partial charge in [0.1, 0.15) is 5.78 Å². The summed E-state index contributed by atoms with van der Waals surface area (Å²) in [6.07, 6.45) is 5.47. The molecular formula is C20H28O3. The summed E-state index contributed by atoms with van der Waals surface area (Å²) in [7, 11) is 0. The number of ketones is 2. The number of rotatable bonds is 0. The molecule has 0 aromatic rings. The van der Waals surface area contributed by atoms with Gasteiger partial charge in [0.25, 0.3) is 0 Å². The number of carbonyl (C=O) groups is 2. The Labute approximate surface area is 138 Å². The van der Waals surface area contributed by atoms with Gasteiger partial charge in [0.05, 0.1) is 6.10 Å². The molecule has 0 heterocycles. The number of aliphatic hydroxyl groups is 1. The molecular weight excluding hydrogens is 288 g/mol. The van der Waals surface area contributed by atoms with Crippen LogP contribution in [0.15, 0.2) is 11.1 Å². The van der Waals surface area contributed by atoms with Crippen LogP contribution < -0.4 is 0 Å². The van der Waals surface area contributed by atoms with Gasteiger partial charge in [0, 0.05) is 18.8 Å². The lowest BCUT2D eigenvalue weighted by molar-refractivity contribution is -0.148. The molecule has 0 aromatic carbocycles. The fraction of sp³-hybridized carbons (Fsp3) is 0.800. The summed E-state index contributed by atoms with van der Waals surface area (Å²) in [6.45, 7) is 6.39. The van der Waals surface area contributed by atoms with E-state index >= 15 is 0 Å². The molecule has 3 saturated carbocycles. The average Bonchev–Trinajstić information content (AvgIpc) is 2.78. The van der Waals surface area contributed by atoms with Crippen molar-refractivity contribution in [2.24, 2.45) is 28.6 Å². The first kappa shape index (κ1) is 15.6. The highest BCUT2D eigenvalue weighted by molar-refractivity contribution is 5.97. The van der Waals surface area contributed by atoms with E-state index in [1.165, 1.54) is 5.57 Å². The van der Waals surface area contributed by atoms with Gasteiger partial charge in [-0.15, -0.1) is 0 Å². The Morgan fingerprint density at radius 2 is 1.83 bits per heavy atom. The van der Waals surface area contributed by atoms with Crippen molar-refractivity contribution in [1.82, 2.24) is 0 Å². The molecule has 23 heavy (non-hydrogen) atoms. The molecule has 4 aliphatic rings. The number of fused-ring (bicyclic) bond motifs is 5. The Balaban J connectivity index is 1.80. The van der Waals surface area contributed by atoms with E-state index in [0.29, 0.717) is 24.5 Å². The lowest BCUT2D eigenvalue weighted by atomic mass is 9.46. The lowest BCUT2D eigenvalue weighted by Crippen LogP contribution is -2.55. The molecule has 0 aromatic heterocycles. The maximum absolute atomic E-state index is 13.1. The van der Waals surface area contributed by atoms with Crippen molar-refractivity contribution in [3.63, 3.8) is 0 Å². The van der Waals surface area contributed by atoms with Crippen molar-refractivity contribution < 1.29 is 14.7 Å². The van der Waals surface area contributed by atoms with Crippen molar-refractivity contribution in [1.29, 1.82) is 0 Å². The SMILES string of the molecule is CC1=C2CC[C@H]3[C@@H]4[C@@H](O)CC[C@@]4(C)CC(=O)[C@@H]3[C@@]2(C)CCC1=O. The lowest BCUT2D eigenvalue weighted by Gasteiger charge is -2.57. The first-order valence-electron chi connectivity index (χ1n) is 9.22. The summed E-state index contributed by atoms with van der Waals surface area (Å²) >= 11 is 0. The zero-order chi connectivity index (χ0) is 16.6. The van der Waals surface area contributed by atoms with Gasteiger partial charge < -0.3 is 5.11 Å². The quantitative estimate of drug-likeness (QED) is 0.745. The van der Waals surface area contributed by atoms with Crippen molar-refractivity contribution in [3.05, 3.63) is 11.1 Å². The summed E-state index contributed by atoms with van der Waals surface area (Å²) in [4.78, 5) is 25.3. The van der Waals surface area contributed by atoms with Crippen LogP contribution in [0.4, 0.5) is 0 Å². The van der Waals surface area contributed by atoms with Crippen molar-refractivity contribution >= 4 is 11.6 Å². The van der Waals surface area contributed by atoms with E-state index in [1.807, 2.05) is 6.92 Å². The number of carbonyl (C=O) groups excluding carboxylic acids is 2. The number of hydrogen-bond acceptors (Lipinski definition) is 3. The van der Waals surface area contributed by atoms with Gasteiger partial charge in [-0.1, -0.05) is 19.4 Å². The second-order valence-corrected chi connectivity index (χ2v) is 9.05. The predicted molar refractivity (Wildman–Crippen MR) is 87.7 cm³/mol. The zero-order valence-corrected chi connectivity index (χ0v) is 14.5. The molecule has 4 aliphatic carbocycles. The van der Waals surface area contributed by atoms with E-state index in [9.17, 15) is 14.7 Å². The Morgan fingerprint density at radius 3 is 2.57 bits per heavy atom. The smallest absolute Gasteiger partial charge is 0.158 e. The van der Waals surface area contributed by atoms with Gasteiger partial charge in [-0.2, -0.15) is 0 Å². The molecule has 0 bridgehead atoms.